The van der Waals surface area contributed by atoms with E-state index in [1.807, 2.05) is 0 Å². The van der Waals surface area contributed by atoms with Crippen LogP contribution in [0.5, 0.6) is 5.75 Å². The summed E-state index contributed by atoms with van der Waals surface area (Å²) in [6, 6.07) is 3.84. The number of carbonyl (C=O) groups is 2. The maximum atomic E-state index is 11.5. The van der Waals surface area contributed by atoms with Gasteiger partial charge >= 0.3 is 12.0 Å². The molecule has 0 aliphatic rings. The molecular formula is C12H13BrN2O4. The van der Waals surface area contributed by atoms with Gasteiger partial charge in [0.1, 0.15) is 5.75 Å². The molecule has 0 unspecified atom stereocenters. The first-order valence-corrected chi connectivity index (χ1v) is 6.02. The van der Waals surface area contributed by atoms with Crippen LogP contribution < -0.4 is 15.4 Å². The lowest BCUT2D eigenvalue weighted by Gasteiger charge is -2.10. The first-order valence-electron chi connectivity index (χ1n) is 5.23. The van der Waals surface area contributed by atoms with E-state index in [-0.39, 0.29) is 17.8 Å². The second kappa shape index (κ2) is 6.79. The number of carboxylic acid groups (broad SMARTS) is 1. The monoisotopic (exact) mass is 328 g/mol. The Labute approximate surface area is 118 Å². The number of hydrogen-bond acceptors (Lipinski definition) is 3. The third-order valence-corrected chi connectivity index (χ3v) is 2.43. The van der Waals surface area contributed by atoms with Gasteiger partial charge in [-0.1, -0.05) is 22.5 Å². The number of ether oxygens (including phenoxy) is 1. The highest BCUT2D eigenvalue weighted by molar-refractivity contribution is 9.11. The highest BCUT2D eigenvalue weighted by Gasteiger charge is 2.13. The SMILES string of the molecule is C=C(Br)CNC(=O)Nc1ccc(OC)cc1C(=O)O. The number of aromatic carboxylic acids is 1. The Morgan fingerprint density at radius 1 is 1.47 bits per heavy atom. The third-order valence-electron chi connectivity index (χ3n) is 2.15. The zero-order chi connectivity index (χ0) is 14.4. The molecule has 0 atom stereocenters. The van der Waals surface area contributed by atoms with E-state index in [4.69, 9.17) is 9.84 Å². The maximum absolute atomic E-state index is 11.5. The van der Waals surface area contributed by atoms with Crippen molar-refractivity contribution in [1.82, 2.24) is 5.32 Å². The van der Waals surface area contributed by atoms with E-state index in [0.29, 0.717) is 10.2 Å². The second-order valence-electron chi connectivity index (χ2n) is 3.54. The maximum Gasteiger partial charge on any atom is 0.337 e. The summed E-state index contributed by atoms with van der Waals surface area (Å²) in [4.78, 5) is 22.6. The second-order valence-corrected chi connectivity index (χ2v) is 4.66. The molecule has 102 valence electrons. The minimum atomic E-state index is -1.15. The van der Waals surface area contributed by atoms with Crippen LogP contribution in [0.4, 0.5) is 10.5 Å². The molecule has 7 heteroatoms. The number of urea groups is 1. The first kappa shape index (κ1) is 15.0. The Hall–Kier alpha value is -2.02. The fraction of sp³-hybridized carbons (Fsp3) is 0.167. The molecule has 2 amide bonds. The van der Waals surface area contributed by atoms with Crippen molar-refractivity contribution < 1.29 is 19.4 Å². The predicted octanol–water partition coefficient (Wildman–Crippen LogP) is 2.42. The lowest BCUT2D eigenvalue weighted by Crippen LogP contribution is -2.30. The van der Waals surface area contributed by atoms with Crippen LogP contribution >= 0.6 is 15.9 Å². The summed E-state index contributed by atoms with van der Waals surface area (Å²) in [5.74, 6) is -0.753. The summed E-state index contributed by atoms with van der Waals surface area (Å²) in [5.41, 5.74) is 0.137. The van der Waals surface area contributed by atoms with Gasteiger partial charge < -0.3 is 20.5 Å². The lowest BCUT2D eigenvalue weighted by molar-refractivity contribution is 0.0697. The van der Waals surface area contributed by atoms with Gasteiger partial charge in [-0.15, -0.1) is 0 Å². The van der Waals surface area contributed by atoms with E-state index in [0.717, 1.165) is 0 Å². The highest BCUT2D eigenvalue weighted by Crippen LogP contribution is 2.22. The summed E-state index contributed by atoms with van der Waals surface area (Å²) in [7, 11) is 1.43. The smallest absolute Gasteiger partial charge is 0.337 e. The van der Waals surface area contributed by atoms with Crippen LogP contribution in [0.3, 0.4) is 0 Å². The molecule has 0 bridgehead atoms. The van der Waals surface area contributed by atoms with E-state index in [2.05, 4.69) is 33.1 Å². The molecule has 3 N–H and O–H groups in total. The lowest BCUT2D eigenvalue weighted by atomic mass is 10.1. The largest absolute Gasteiger partial charge is 0.497 e. The van der Waals surface area contributed by atoms with Crippen LogP contribution in [0.1, 0.15) is 10.4 Å². The number of benzene rings is 1. The average molecular weight is 329 g/mol. The molecule has 0 radical (unpaired) electrons. The summed E-state index contributed by atoms with van der Waals surface area (Å²) < 4.78 is 5.54. The van der Waals surface area contributed by atoms with Crippen molar-refractivity contribution in [2.75, 3.05) is 19.0 Å². The number of methoxy groups -OCH3 is 1. The van der Waals surface area contributed by atoms with Gasteiger partial charge in [0.25, 0.3) is 0 Å². The Balaban J connectivity index is 2.85. The van der Waals surface area contributed by atoms with Crippen molar-refractivity contribution in [1.29, 1.82) is 0 Å². The van der Waals surface area contributed by atoms with E-state index in [1.165, 1.54) is 19.2 Å². The van der Waals surface area contributed by atoms with Crippen molar-refractivity contribution in [3.8, 4) is 5.75 Å². The standard InChI is InChI=1S/C12H13BrN2O4/c1-7(13)6-14-12(18)15-10-4-3-8(19-2)5-9(10)11(16)17/h3-5H,1,6H2,2H3,(H,16,17)(H2,14,15,18). The highest BCUT2D eigenvalue weighted by atomic mass is 79.9. The van der Waals surface area contributed by atoms with Crippen LogP contribution in [-0.2, 0) is 0 Å². The molecule has 1 rings (SSSR count). The van der Waals surface area contributed by atoms with Gasteiger partial charge in [-0.2, -0.15) is 0 Å². The average Bonchev–Trinajstić information content (AvgIpc) is 2.36. The molecule has 0 spiro atoms. The molecule has 1 aromatic rings. The molecule has 1 aromatic carbocycles. The molecule has 6 nitrogen and oxygen atoms in total. The van der Waals surface area contributed by atoms with Crippen molar-refractivity contribution in [2.45, 2.75) is 0 Å². The minimum Gasteiger partial charge on any atom is -0.497 e. The van der Waals surface area contributed by atoms with Gasteiger partial charge in [0.05, 0.1) is 24.9 Å². The fourth-order valence-electron chi connectivity index (χ4n) is 1.28. The molecule has 0 aliphatic carbocycles. The van der Waals surface area contributed by atoms with Crippen molar-refractivity contribution >= 4 is 33.6 Å². The van der Waals surface area contributed by atoms with Gasteiger partial charge in [0.2, 0.25) is 0 Å². The van der Waals surface area contributed by atoms with Crippen LogP contribution in [0.25, 0.3) is 0 Å². The Bertz CT molecular complexity index is 516. The third kappa shape index (κ3) is 4.63. The molecule has 0 saturated heterocycles. The van der Waals surface area contributed by atoms with Crippen molar-refractivity contribution in [3.05, 3.63) is 34.8 Å². The normalized spacial score (nSPS) is 9.58. The van der Waals surface area contributed by atoms with Crippen molar-refractivity contribution in [2.24, 2.45) is 0 Å². The summed E-state index contributed by atoms with van der Waals surface area (Å²) >= 11 is 3.10. The van der Waals surface area contributed by atoms with Crippen LogP contribution in [-0.4, -0.2) is 30.8 Å². The molecule has 19 heavy (non-hydrogen) atoms. The predicted molar refractivity (Wildman–Crippen MR) is 75.0 cm³/mol. The van der Waals surface area contributed by atoms with Gasteiger partial charge in [0.15, 0.2) is 0 Å². The van der Waals surface area contributed by atoms with Gasteiger partial charge in [-0.25, -0.2) is 9.59 Å². The van der Waals surface area contributed by atoms with Crippen LogP contribution in [0, 0.1) is 0 Å². The summed E-state index contributed by atoms with van der Waals surface area (Å²) in [6.45, 7) is 3.81. The Morgan fingerprint density at radius 3 is 2.68 bits per heavy atom. The molecule has 0 aromatic heterocycles. The van der Waals surface area contributed by atoms with Crippen molar-refractivity contribution in [3.63, 3.8) is 0 Å². The number of nitrogens with one attached hydrogen (secondary N) is 2. The molecule has 0 saturated carbocycles. The van der Waals surface area contributed by atoms with Gasteiger partial charge in [0, 0.05) is 4.48 Å². The molecule has 0 aliphatic heterocycles. The van der Waals surface area contributed by atoms with E-state index < -0.39 is 12.0 Å². The Kier molecular flexibility index (Phi) is 5.37. The summed E-state index contributed by atoms with van der Waals surface area (Å²) in [6.07, 6.45) is 0. The number of carbonyl (C=O) groups excluding carboxylic acids is 1. The summed E-state index contributed by atoms with van der Waals surface area (Å²) in [5, 5.41) is 14.0. The number of halogens is 1. The molecule has 0 fully saturated rings. The number of amides is 2. The number of carboxylic acids is 1. The van der Waals surface area contributed by atoms with Crippen LogP contribution in [0.2, 0.25) is 0 Å². The zero-order valence-corrected chi connectivity index (χ0v) is 11.8. The minimum absolute atomic E-state index is 0.0489. The van der Waals surface area contributed by atoms with Crippen LogP contribution in [0.15, 0.2) is 29.3 Å². The van der Waals surface area contributed by atoms with E-state index >= 15 is 0 Å². The van der Waals surface area contributed by atoms with Gasteiger partial charge in [-0.3, -0.25) is 0 Å². The number of rotatable bonds is 5. The Morgan fingerprint density at radius 2 is 2.16 bits per heavy atom. The molecular weight excluding hydrogens is 316 g/mol. The zero-order valence-electron chi connectivity index (χ0n) is 10.2. The van der Waals surface area contributed by atoms with E-state index in [9.17, 15) is 9.59 Å². The topological polar surface area (TPSA) is 87.7 Å². The quantitative estimate of drug-likeness (QED) is 0.774. The first-order chi connectivity index (χ1) is 8.93. The molecule has 0 heterocycles. The fourth-order valence-corrected chi connectivity index (χ4v) is 1.42. The number of hydrogen-bond donors (Lipinski definition) is 3. The van der Waals surface area contributed by atoms with Gasteiger partial charge in [-0.05, 0) is 18.2 Å². The van der Waals surface area contributed by atoms with E-state index in [1.54, 1.807) is 6.07 Å². The number of anilines is 1.